The first-order valence-electron chi connectivity index (χ1n) is 21.8. The number of anilines is 2. The van der Waals surface area contributed by atoms with Gasteiger partial charge in [-0.1, -0.05) is 12.1 Å². The summed E-state index contributed by atoms with van der Waals surface area (Å²) in [6.45, 7) is 1.78. The molecule has 3 N–H and O–H groups in total. The van der Waals surface area contributed by atoms with Gasteiger partial charge in [0.2, 0.25) is 11.8 Å². The molecule has 17 heteroatoms. The lowest BCUT2D eigenvalue weighted by molar-refractivity contribution is -0.141. The summed E-state index contributed by atoms with van der Waals surface area (Å²) in [6, 6.07) is 11.5. The van der Waals surface area contributed by atoms with E-state index in [9.17, 15) is 37.1 Å². The topological polar surface area (TPSA) is 163 Å². The van der Waals surface area contributed by atoms with Crippen LogP contribution in [0, 0.1) is 17.3 Å². The molecule has 5 aliphatic rings. The summed E-state index contributed by atoms with van der Waals surface area (Å²) in [6.07, 6.45) is 6.89. The first kappa shape index (κ1) is 42.9. The Balaban J connectivity index is 0.727. The van der Waals surface area contributed by atoms with E-state index >= 15 is 0 Å². The lowest BCUT2D eigenvalue weighted by atomic mass is 9.55. The number of fused-ring (bicyclic) bond motifs is 2. The first-order chi connectivity index (χ1) is 30.2. The Morgan fingerprint density at radius 1 is 0.937 bits per heavy atom. The highest BCUT2D eigenvalue weighted by Crippen LogP contribution is 2.55. The fourth-order valence-corrected chi connectivity index (χ4v) is 11.9. The van der Waals surface area contributed by atoms with Crippen LogP contribution in [0.4, 0.5) is 24.5 Å². The number of imide groups is 2. The number of pyridine rings is 1. The zero-order valence-electron chi connectivity index (χ0n) is 35.2. The molecule has 4 aromatic rings. The second-order valence-electron chi connectivity index (χ2n) is 18.2. The molecule has 5 amide bonds. The van der Waals surface area contributed by atoms with E-state index < -0.39 is 47.4 Å². The number of methoxy groups -OCH3 is 1. The van der Waals surface area contributed by atoms with Gasteiger partial charge in [-0.25, -0.2) is 9.97 Å². The van der Waals surface area contributed by atoms with Crippen molar-refractivity contribution in [1.82, 2.24) is 25.1 Å². The summed E-state index contributed by atoms with van der Waals surface area (Å²) in [5.41, 5.74) is 1.17. The fraction of sp³-hybridized carbons (Fsp3) is 0.500. The number of amides is 5. The minimum atomic E-state index is -4.66. The quantitative estimate of drug-likeness (QED) is 0.126. The van der Waals surface area contributed by atoms with Gasteiger partial charge in [-0.15, -0.1) is 11.3 Å². The van der Waals surface area contributed by atoms with Crippen molar-refractivity contribution in [2.24, 2.45) is 17.3 Å². The fourth-order valence-electron chi connectivity index (χ4n) is 10.8. The summed E-state index contributed by atoms with van der Waals surface area (Å²) in [5, 5.41) is 9.43. The Labute approximate surface area is 366 Å². The van der Waals surface area contributed by atoms with Crippen LogP contribution in [0.2, 0.25) is 0 Å². The van der Waals surface area contributed by atoms with Gasteiger partial charge in [0.15, 0.2) is 0 Å². The maximum absolute atomic E-state index is 13.5. The minimum absolute atomic E-state index is 0.0821. The molecule has 2 aliphatic heterocycles. The second-order valence-corrected chi connectivity index (χ2v) is 19.2. The molecule has 1 saturated heterocycles. The number of benzene rings is 2. The van der Waals surface area contributed by atoms with Crippen LogP contribution in [0.3, 0.4) is 0 Å². The van der Waals surface area contributed by atoms with Crippen molar-refractivity contribution >= 4 is 62.5 Å². The van der Waals surface area contributed by atoms with Crippen LogP contribution in [0.5, 0.6) is 5.75 Å². The normalized spacial score (nSPS) is 26.2. The van der Waals surface area contributed by atoms with Crippen molar-refractivity contribution in [2.75, 3.05) is 37.9 Å². The molecule has 332 valence electrons. The van der Waals surface area contributed by atoms with Crippen LogP contribution in [-0.4, -0.2) is 88.6 Å². The number of nitrogens with zero attached hydrogens (tertiary/aromatic N) is 4. The van der Waals surface area contributed by atoms with Crippen molar-refractivity contribution in [3.05, 3.63) is 76.1 Å². The minimum Gasteiger partial charge on any atom is -0.494 e. The van der Waals surface area contributed by atoms with Gasteiger partial charge in [-0.3, -0.25) is 34.2 Å². The van der Waals surface area contributed by atoms with Crippen LogP contribution in [0.25, 0.3) is 10.2 Å². The molecule has 0 bridgehead atoms. The monoisotopic (exact) mass is 885 g/mol. The molecule has 1 atom stereocenters. The van der Waals surface area contributed by atoms with Gasteiger partial charge >= 0.3 is 6.18 Å². The van der Waals surface area contributed by atoms with Crippen molar-refractivity contribution in [1.29, 1.82) is 0 Å². The van der Waals surface area contributed by atoms with Crippen LogP contribution in [0.15, 0.2) is 48.5 Å². The van der Waals surface area contributed by atoms with Gasteiger partial charge in [-0.05, 0) is 125 Å². The van der Waals surface area contributed by atoms with Crippen LogP contribution < -0.4 is 20.7 Å². The molecule has 4 fully saturated rings. The largest absolute Gasteiger partial charge is 0.494 e. The predicted octanol–water partition coefficient (Wildman–Crippen LogP) is 8.03. The number of hydrogen-bond acceptors (Lipinski definition) is 11. The number of nitrogens with one attached hydrogen (secondary N) is 3. The number of rotatable bonds is 11. The summed E-state index contributed by atoms with van der Waals surface area (Å²) in [4.78, 5) is 75.9. The molecule has 2 aromatic heterocycles. The van der Waals surface area contributed by atoms with Gasteiger partial charge in [0.05, 0.1) is 39.1 Å². The number of ether oxygens (including phenoxy) is 1. The maximum Gasteiger partial charge on any atom is 0.433 e. The molecule has 2 aromatic carbocycles. The maximum atomic E-state index is 13.5. The number of carbonyl (C=O) groups is 5. The van der Waals surface area contributed by atoms with Crippen molar-refractivity contribution in [3.63, 3.8) is 0 Å². The molecule has 3 aliphatic carbocycles. The van der Waals surface area contributed by atoms with Gasteiger partial charge in [0.1, 0.15) is 23.2 Å². The predicted molar refractivity (Wildman–Crippen MR) is 230 cm³/mol. The third-order valence-corrected chi connectivity index (χ3v) is 15.3. The Morgan fingerprint density at radius 2 is 1.68 bits per heavy atom. The van der Waals surface area contributed by atoms with Gasteiger partial charge < -0.3 is 20.3 Å². The Hall–Kier alpha value is -5.42. The molecule has 63 heavy (non-hydrogen) atoms. The smallest absolute Gasteiger partial charge is 0.433 e. The number of carbonyl (C=O) groups excluding carboxylic acids is 5. The highest BCUT2D eigenvalue weighted by atomic mass is 32.1. The molecule has 1 unspecified atom stereocenters. The van der Waals surface area contributed by atoms with E-state index in [4.69, 9.17) is 9.72 Å². The summed E-state index contributed by atoms with van der Waals surface area (Å²) in [7, 11) is 3.74. The number of hydrogen-bond donors (Lipinski definition) is 3. The van der Waals surface area contributed by atoms with Crippen molar-refractivity contribution < 1.29 is 41.9 Å². The van der Waals surface area contributed by atoms with E-state index in [0.29, 0.717) is 58.4 Å². The van der Waals surface area contributed by atoms with Crippen molar-refractivity contribution in [2.45, 2.75) is 101 Å². The lowest BCUT2D eigenvalue weighted by Crippen LogP contribution is -2.54. The zero-order chi connectivity index (χ0) is 44.2. The zero-order valence-corrected chi connectivity index (χ0v) is 36.0. The number of thiazole rings is 1. The third-order valence-electron chi connectivity index (χ3n) is 14.1. The molecule has 0 radical (unpaired) electrons. The van der Waals surface area contributed by atoms with Gasteiger partial charge in [-0.2, -0.15) is 13.2 Å². The Morgan fingerprint density at radius 3 is 2.40 bits per heavy atom. The summed E-state index contributed by atoms with van der Waals surface area (Å²) >= 11 is 1.58. The van der Waals surface area contributed by atoms with Crippen LogP contribution in [-0.2, 0) is 15.8 Å². The van der Waals surface area contributed by atoms with Crippen LogP contribution >= 0.6 is 11.3 Å². The molecular formula is C46H50F3N7O6S. The summed E-state index contributed by atoms with van der Waals surface area (Å²) in [5.74, 6) is -0.999. The second kappa shape index (κ2) is 16.9. The standard InChI is InChI=1S/C46H50F3N7O6S/c1-55(24-25-9-11-27(12-10-25)42-53-33-19-35(62-2)32(20-36(33)63-42)52-40(58)31-7-4-8-37(51-31)46(47,48)49)28-15-17-45(18-16-28)21-26(22-45)23-50-30-6-3-5-29-39(30)44(61)56(43(29)60)34-13-14-38(57)54-41(34)59/h3-8,19-20,25-28,34,50H,9-18,21-24H2,1-2H3,(H,52,58)(H,54,57,59)/t25-,26-,27-,28-,34?,45?. The van der Waals surface area contributed by atoms with E-state index in [1.165, 1.54) is 38.9 Å². The van der Waals surface area contributed by atoms with E-state index in [-0.39, 0.29) is 24.1 Å². The molecule has 4 heterocycles. The van der Waals surface area contributed by atoms with Gasteiger partial charge in [0.25, 0.3) is 17.7 Å². The van der Waals surface area contributed by atoms with E-state index in [0.717, 1.165) is 77.3 Å². The molecule has 3 saturated carbocycles. The molecule has 9 rings (SSSR count). The Kier molecular flexibility index (Phi) is 11.5. The first-order valence-corrected chi connectivity index (χ1v) is 22.6. The molecular weight excluding hydrogens is 836 g/mol. The van der Waals surface area contributed by atoms with Crippen molar-refractivity contribution in [3.8, 4) is 5.75 Å². The van der Waals surface area contributed by atoms with Crippen LogP contribution in [0.1, 0.15) is 125 Å². The summed E-state index contributed by atoms with van der Waals surface area (Å²) < 4.78 is 46.0. The number of piperidine rings is 1. The number of halogens is 3. The number of aromatic nitrogens is 2. The highest BCUT2D eigenvalue weighted by Gasteiger charge is 2.48. The molecule has 1 spiro atoms. The van der Waals surface area contributed by atoms with Gasteiger partial charge in [0, 0.05) is 43.2 Å². The molecule has 13 nitrogen and oxygen atoms in total. The van der Waals surface area contributed by atoms with E-state index in [1.807, 2.05) is 6.07 Å². The average molecular weight is 886 g/mol. The lowest BCUT2D eigenvalue weighted by Gasteiger charge is -2.53. The third kappa shape index (κ3) is 8.53. The van der Waals surface area contributed by atoms with E-state index in [2.05, 4.69) is 32.9 Å². The number of alkyl halides is 3. The SMILES string of the molecule is COc1cc2nc([C@H]3CC[C@H](CN(C)[C@H]4CCC5(CC4)C[C@@H](CNc4cccc6c4C(=O)N(C4CCC(=O)NC4=O)C6=O)C5)CC3)sc2cc1NC(=O)c1cccc(C(F)(F)F)n1. The highest BCUT2D eigenvalue weighted by molar-refractivity contribution is 7.18. The Bertz CT molecular complexity index is 2470. The average Bonchev–Trinajstić information content (AvgIpc) is 3.79. The van der Waals surface area contributed by atoms with E-state index in [1.54, 1.807) is 35.6 Å².